The van der Waals surface area contributed by atoms with Crippen molar-refractivity contribution in [2.45, 2.75) is 0 Å². The van der Waals surface area contributed by atoms with Gasteiger partial charge in [-0.2, -0.15) is 0 Å². The number of piperazine rings is 1. The van der Waals surface area contributed by atoms with Gasteiger partial charge in [-0.25, -0.2) is 4.98 Å². The largest absolute Gasteiger partial charge is 0.497 e. The average molecular weight is 400 g/mol. The van der Waals surface area contributed by atoms with Crippen LogP contribution >= 0.6 is 0 Å². The Morgan fingerprint density at radius 1 is 1.10 bits per heavy atom. The van der Waals surface area contributed by atoms with E-state index in [4.69, 9.17) is 16.1 Å². The fraction of sp³-hybridized carbons (Fsp3) is 0.250. The van der Waals surface area contributed by atoms with Crippen molar-refractivity contribution < 1.29 is 9.53 Å². The number of hydrogen-bond donors (Lipinski definition) is 1. The molecule has 1 aromatic heterocycles. The van der Waals surface area contributed by atoms with Gasteiger partial charge in [-0.3, -0.25) is 4.79 Å². The van der Waals surface area contributed by atoms with Gasteiger partial charge in [0.25, 0.3) is 5.91 Å². The van der Waals surface area contributed by atoms with E-state index < -0.39 is 0 Å². The summed E-state index contributed by atoms with van der Waals surface area (Å²) in [6.45, 7) is 3.59. The van der Waals surface area contributed by atoms with E-state index in [1.54, 1.807) is 7.11 Å². The second-order valence-corrected chi connectivity index (χ2v) is 7.10. The first-order chi connectivity index (χ1) is 14.7. The molecule has 0 atom stereocenters. The topological polar surface area (TPSA) is 57.7 Å². The number of pyridine rings is 1. The van der Waals surface area contributed by atoms with E-state index in [9.17, 15) is 4.79 Å². The molecular formula is C24H24N4O2. The van der Waals surface area contributed by atoms with Crippen molar-refractivity contribution in [3.63, 3.8) is 0 Å². The molecule has 0 spiro atoms. The molecule has 3 aromatic rings. The van der Waals surface area contributed by atoms with E-state index in [2.05, 4.69) is 33.2 Å². The van der Waals surface area contributed by atoms with Gasteiger partial charge in [-0.15, -0.1) is 6.42 Å². The number of nitrogens with one attached hydrogen (secondary N) is 1. The minimum Gasteiger partial charge on any atom is -0.497 e. The van der Waals surface area contributed by atoms with E-state index in [-0.39, 0.29) is 12.5 Å². The molecule has 1 saturated heterocycles. The summed E-state index contributed by atoms with van der Waals surface area (Å²) in [7, 11) is 1.67. The molecule has 0 aliphatic carbocycles. The Balaban J connectivity index is 1.55. The van der Waals surface area contributed by atoms with E-state index >= 15 is 0 Å². The molecule has 152 valence electrons. The molecule has 1 fully saturated rings. The maximum absolute atomic E-state index is 12.7. The highest BCUT2D eigenvalue weighted by Crippen LogP contribution is 2.26. The monoisotopic (exact) mass is 400 g/mol. The van der Waals surface area contributed by atoms with Crippen molar-refractivity contribution in [2.75, 3.05) is 49.6 Å². The summed E-state index contributed by atoms with van der Waals surface area (Å²) in [5.41, 5.74) is 2.58. The Bertz CT molecular complexity index is 1080. The zero-order chi connectivity index (χ0) is 20.9. The number of para-hydroxylation sites is 1. The molecular weight excluding hydrogens is 376 g/mol. The van der Waals surface area contributed by atoms with Crippen LogP contribution in [0.15, 0.2) is 54.6 Å². The van der Waals surface area contributed by atoms with Crippen molar-refractivity contribution in [1.82, 2.24) is 10.3 Å². The highest BCUT2D eigenvalue weighted by Gasteiger charge is 2.21. The number of ether oxygens (including phenoxy) is 1. The van der Waals surface area contributed by atoms with Gasteiger partial charge in [-0.05, 0) is 36.4 Å². The molecule has 2 aromatic carbocycles. The second kappa shape index (κ2) is 8.75. The summed E-state index contributed by atoms with van der Waals surface area (Å²) in [6, 6.07) is 17.7. The Kier molecular flexibility index (Phi) is 5.71. The summed E-state index contributed by atoms with van der Waals surface area (Å²) in [5.74, 6) is 3.94. The second-order valence-electron chi connectivity index (χ2n) is 7.10. The van der Waals surface area contributed by atoms with Gasteiger partial charge in [0, 0.05) is 37.3 Å². The number of carbonyl (C=O) groups excluding carboxylic acids is 1. The minimum absolute atomic E-state index is 0.176. The molecule has 6 heteroatoms. The summed E-state index contributed by atoms with van der Waals surface area (Å²) >= 11 is 0. The maximum Gasteiger partial charge on any atom is 0.252 e. The predicted molar refractivity (Wildman–Crippen MR) is 120 cm³/mol. The van der Waals surface area contributed by atoms with Crippen LogP contribution in [0.2, 0.25) is 0 Å². The molecule has 30 heavy (non-hydrogen) atoms. The summed E-state index contributed by atoms with van der Waals surface area (Å²) in [5, 5.41) is 3.60. The summed E-state index contributed by atoms with van der Waals surface area (Å²) in [4.78, 5) is 22.1. The molecule has 6 nitrogen and oxygen atoms in total. The van der Waals surface area contributed by atoms with E-state index in [0.29, 0.717) is 5.56 Å². The molecule has 4 rings (SSSR count). The number of benzene rings is 2. The fourth-order valence-electron chi connectivity index (χ4n) is 3.72. The Hall–Kier alpha value is -3.72. The lowest BCUT2D eigenvalue weighted by Gasteiger charge is -2.37. The maximum atomic E-state index is 12.7. The molecule has 1 aliphatic rings. The molecule has 0 saturated carbocycles. The predicted octanol–water partition coefficient (Wildman–Crippen LogP) is 2.93. The van der Waals surface area contributed by atoms with Crippen LogP contribution in [0, 0.1) is 12.3 Å². The van der Waals surface area contributed by atoms with Crippen LogP contribution in [0.1, 0.15) is 10.4 Å². The third-order valence-electron chi connectivity index (χ3n) is 5.34. The van der Waals surface area contributed by atoms with E-state index in [1.807, 2.05) is 42.5 Å². The molecule has 0 radical (unpaired) electrons. The van der Waals surface area contributed by atoms with Crippen LogP contribution < -0.4 is 19.9 Å². The number of amides is 1. The Morgan fingerprint density at radius 2 is 1.80 bits per heavy atom. The summed E-state index contributed by atoms with van der Waals surface area (Å²) < 4.78 is 5.24. The normalized spacial score (nSPS) is 13.7. The minimum atomic E-state index is -0.176. The smallest absolute Gasteiger partial charge is 0.252 e. The first-order valence-electron chi connectivity index (χ1n) is 9.95. The number of anilines is 2. The molecule has 1 amide bonds. The molecule has 1 aliphatic heterocycles. The number of hydrogen-bond acceptors (Lipinski definition) is 5. The van der Waals surface area contributed by atoms with Gasteiger partial charge in [0.2, 0.25) is 0 Å². The van der Waals surface area contributed by atoms with Crippen LogP contribution in [-0.2, 0) is 0 Å². The zero-order valence-corrected chi connectivity index (χ0v) is 17.0. The van der Waals surface area contributed by atoms with Crippen LogP contribution in [0.5, 0.6) is 5.75 Å². The van der Waals surface area contributed by atoms with Gasteiger partial charge in [0.1, 0.15) is 11.6 Å². The van der Waals surface area contributed by atoms with Crippen LogP contribution in [0.4, 0.5) is 11.5 Å². The third kappa shape index (κ3) is 4.01. The lowest BCUT2D eigenvalue weighted by Crippen LogP contribution is -2.46. The van der Waals surface area contributed by atoms with Gasteiger partial charge in [0.05, 0.1) is 24.7 Å². The zero-order valence-electron chi connectivity index (χ0n) is 17.0. The van der Waals surface area contributed by atoms with Crippen molar-refractivity contribution in [1.29, 1.82) is 0 Å². The lowest BCUT2D eigenvalue weighted by atomic mass is 10.1. The number of nitrogens with zero attached hydrogens (tertiary/aromatic N) is 3. The average Bonchev–Trinajstić information content (AvgIpc) is 2.82. The van der Waals surface area contributed by atoms with Crippen LogP contribution in [0.3, 0.4) is 0 Å². The first kappa shape index (κ1) is 19.6. The van der Waals surface area contributed by atoms with Crippen molar-refractivity contribution in [2.24, 2.45) is 0 Å². The van der Waals surface area contributed by atoms with Gasteiger partial charge in [-0.1, -0.05) is 24.1 Å². The van der Waals surface area contributed by atoms with Crippen LogP contribution in [-0.4, -0.2) is 50.7 Å². The number of aromatic nitrogens is 1. The van der Waals surface area contributed by atoms with Crippen molar-refractivity contribution in [3.8, 4) is 18.1 Å². The number of rotatable bonds is 5. The molecule has 0 bridgehead atoms. The highest BCUT2D eigenvalue weighted by molar-refractivity contribution is 6.07. The van der Waals surface area contributed by atoms with Gasteiger partial charge in [0.15, 0.2) is 0 Å². The fourth-order valence-corrected chi connectivity index (χ4v) is 3.72. The van der Waals surface area contributed by atoms with Gasteiger partial charge >= 0.3 is 0 Å². The van der Waals surface area contributed by atoms with Crippen molar-refractivity contribution >= 4 is 28.3 Å². The number of fused-ring (bicyclic) bond motifs is 1. The third-order valence-corrected chi connectivity index (χ3v) is 5.34. The number of methoxy groups -OCH3 is 1. The SMILES string of the molecule is C#CCNC(=O)c1cc(N2CCN(c3ccc(OC)cc3)CC2)nc2ccccc12. The molecule has 0 unspecified atom stereocenters. The highest BCUT2D eigenvalue weighted by atomic mass is 16.5. The standard InChI is InChI=1S/C24H24N4O2/c1-3-12-25-24(29)21-17-23(26-22-7-5-4-6-20(21)22)28-15-13-27(14-16-28)18-8-10-19(30-2)11-9-18/h1,4-11,17H,12-16H2,2H3,(H,25,29). The molecule has 1 N–H and O–H groups in total. The number of terminal acetylenes is 1. The van der Waals surface area contributed by atoms with Crippen molar-refractivity contribution in [3.05, 3.63) is 60.2 Å². The van der Waals surface area contributed by atoms with E-state index in [0.717, 1.165) is 48.6 Å². The quantitative estimate of drug-likeness (QED) is 0.668. The Morgan fingerprint density at radius 3 is 2.50 bits per heavy atom. The summed E-state index contributed by atoms with van der Waals surface area (Å²) in [6.07, 6.45) is 5.29. The first-order valence-corrected chi connectivity index (χ1v) is 9.95. The van der Waals surface area contributed by atoms with Gasteiger partial charge < -0.3 is 19.9 Å². The Labute approximate surface area is 176 Å². The number of carbonyl (C=O) groups is 1. The van der Waals surface area contributed by atoms with Crippen LogP contribution in [0.25, 0.3) is 10.9 Å². The molecule has 2 heterocycles. The van der Waals surface area contributed by atoms with E-state index in [1.165, 1.54) is 5.69 Å². The lowest BCUT2D eigenvalue weighted by molar-refractivity contribution is 0.0960.